The van der Waals surface area contributed by atoms with Crippen LogP contribution in [-0.2, 0) is 21.0 Å². The maximum atomic E-state index is 12.9. The van der Waals surface area contributed by atoms with Crippen LogP contribution in [0.15, 0.2) is 58.5 Å². The molecule has 1 N–H and O–H groups in total. The minimum absolute atomic E-state index is 0.0241. The van der Waals surface area contributed by atoms with E-state index >= 15 is 0 Å². The van der Waals surface area contributed by atoms with Crippen molar-refractivity contribution in [3.8, 4) is 0 Å². The van der Waals surface area contributed by atoms with Gasteiger partial charge >= 0.3 is 6.18 Å². The van der Waals surface area contributed by atoms with Crippen LogP contribution in [0.4, 0.5) is 13.2 Å². The van der Waals surface area contributed by atoms with Gasteiger partial charge in [-0.15, -0.1) is 0 Å². The van der Waals surface area contributed by atoms with Gasteiger partial charge in [0.1, 0.15) is 0 Å². The molecular weight excluding hydrogens is 395 g/mol. The van der Waals surface area contributed by atoms with Crippen LogP contribution in [0.3, 0.4) is 0 Å². The van der Waals surface area contributed by atoms with E-state index in [0.717, 1.165) is 22.1 Å². The van der Waals surface area contributed by atoms with Crippen LogP contribution in [0, 0.1) is 6.92 Å². The van der Waals surface area contributed by atoms with Gasteiger partial charge in [0.15, 0.2) is 0 Å². The Morgan fingerprint density at radius 2 is 1.75 bits per heavy atom. The van der Waals surface area contributed by atoms with Crippen LogP contribution >= 0.6 is 0 Å². The second-order valence-electron chi connectivity index (χ2n) is 5.95. The van der Waals surface area contributed by atoms with Crippen molar-refractivity contribution < 1.29 is 26.4 Å². The first-order valence-electron chi connectivity index (χ1n) is 8.03. The lowest BCUT2D eigenvalue weighted by atomic mass is 10.1. The highest BCUT2D eigenvalue weighted by atomic mass is 32.2. The number of carbonyl (C=O) groups is 1. The number of sulfonamides is 1. The first kappa shape index (κ1) is 21.6. The summed E-state index contributed by atoms with van der Waals surface area (Å²) < 4.78 is 64.4. The smallest absolute Gasteiger partial charge is 0.272 e. The maximum absolute atomic E-state index is 12.9. The van der Waals surface area contributed by atoms with Crippen molar-refractivity contribution in [3.05, 3.63) is 65.2 Å². The van der Waals surface area contributed by atoms with Gasteiger partial charge in [0.05, 0.1) is 23.2 Å². The Balaban J connectivity index is 2.03. The SMILES string of the molecule is Cc1ccc(S(=O)(=O)N(C)CC(=O)N/N=C\c2ccccc2C(F)(F)F)cc1. The topological polar surface area (TPSA) is 78.8 Å². The molecule has 0 spiro atoms. The van der Waals surface area contributed by atoms with E-state index in [2.05, 4.69) is 5.10 Å². The molecule has 0 saturated carbocycles. The third-order valence-corrected chi connectivity index (χ3v) is 5.57. The molecular formula is C18H18F3N3O3S. The summed E-state index contributed by atoms with van der Waals surface area (Å²) in [5.41, 5.74) is 1.79. The third-order valence-electron chi connectivity index (χ3n) is 3.75. The molecule has 10 heteroatoms. The van der Waals surface area contributed by atoms with Gasteiger partial charge in [0.25, 0.3) is 5.91 Å². The largest absolute Gasteiger partial charge is 0.417 e. The quantitative estimate of drug-likeness (QED) is 0.584. The molecule has 2 aromatic rings. The number of benzene rings is 2. The Hall–Kier alpha value is -2.72. The van der Waals surface area contributed by atoms with Gasteiger partial charge in [0.2, 0.25) is 10.0 Å². The molecule has 0 radical (unpaired) electrons. The zero-order chi connectivity index (χ0) is 20.9. The predicted molar refractivity (Wildman–Crippen MR) is 98.2 cm³/mol. The Bertz CT molecular complexity index is 972. The third kappa shape index (κ3) is 5.40. The maximum Gasteiger partial charge on any atom is 0.417 e. The number of hydrogen-bond donors (Lipinski definition) is 1. The normalized spacial score (nSPS) is 12.5. The fourth-order valence-corrected chi connectivity index (χ4v) is 3.38. The van der Waals surface area contributed by atoms with E-state index in [9.17, 15) is 26.4 Å². The molecule has 0 unspecified atom stereocenters. The average molecular weight is 413 g/mol. The van der Waals surface area contributed by atoms with E-state index in [1.807, 2.05) is 12.3 Å². The number of likely N-dealkylation sites (N-methyl/N-ethyl adjacent to an activating group) is 1. The van der Waals surface area contributed by atoms with Gasteiger partial charge in [-0.1, -0.05) is 35.9 Å². The molecule has 0 bridgehead atoms. The van der Waals surface area contributed by atoms with E-state index in [1.165, 1.54) is 37.4 Å². The summed E-state index contributed by atoms with van der Waals surface area (Å²) >= 11 is 0. The number of alkyl halides is 3. The standard InChI is InChI=1S/C18H18F3N3O3S/c1-13-7-9-15(10-8-13)28(26,27)24(2)12-17(25)23-22-11-14-5-3-4-6-16(14)18(19,20)21/h3-11H,12H2,1-2H3,(H,23,25)/b22-11-. The fourth-order valence-electron chi connectivity index (χ4n) is 2.25. The highest BCUT2D eigenvalue weighted by Gasteiger charge is 2.32. The second-order valence-corrected chi connectivity index (χ2v) is 8.00. The monoisotopic (exact) mass is 413 g/mol. The number of carbonyl (C=O) groups excluding carboxylic acids is 1. The highest BCUT2D eigenvalue weighted by molar-refractivity contribution is 7.89. The molecule has 0 heterocycles. The molecule has 0 aromatic heterocycles. The van der Waals surface area contributed by atoms with Gasteiger partial charge < -0.3 is 0 Å². The van der Waals surface area contributed by atoms with E-state index in [0.29, 0.717) is 0 Å². The van der Waals surface area contributed by atoms with Crippen LogP contribution in [0.25, 0.3) is 0 Å². The van der Waals surface area contributed by atoms with Gasteiger partial charge in [-0.3, -0.25) is 4.79 Å². The number of halogens is 3. The Morgan fingerprint density at radius 1 is 1.14 bits per heavy atom. The lowest BCUT2D eigenvalue weighted by Crippen LogP contribution is -2.36. The lowest BCUT2D eigenvalue weighted by Gasteiger charge is -2.16. The summed E-state index contributed by atoms with van der Waals surface area (Å²) in [5, 5.41) is 3.49. The second kappa shape index (κ2) is 8.53. The Kier molecular flexibility index (Phi) is 6.57. The highest BCUT2D eigenvalue weighted by Crippen LogP contribution is 2.31. The molecule has 0 aliphatic carbocycles. The van der Waals surface area contributed by atoms with Crippen molar-refractivity contribution in [3.63, 3.8) is 0 Å². The molecule has 6 nitrogen and oxygen atoms in total. The van der Waals surface area contributed by atoms with Crippen molar-refractivity contribution in [1.29, 1.82) is 0 Å². The van der Waals surface area contributed by atoms with Crippen molar-refractivity contribution >= 4 is 22.1 Å². The van der Waals surface area contributed by atoms with Gasteiger partial charge in [-0.25, -0.2) is 13.8 Å². The number of hydrogen-bond acceptors (Lipinski definition) is 4. The fraction of sp³-hybridized carbons (Fsp3) is 0.222. The first-order chi connectivity index (χ1) is 13.0. The van der Waals surface area contributed by atoms with Gasteiger partial charge in [-0.05, 0) is 25.1 Å². The molecule has 28 heavy (non-hydrogen) atoms. The van der Waals surface area contributed by atoms with E-state index < -0.39 is 34.2 Å². The first-order valence-corrected chi connectivity index (χ1v) is 9.47. The molecule has 2 aromatic carbocycles. The molecule has 2 rings (SSSR count). The van der Waals surface area contributed by atoms with Crippen molar-refractivity contribution in [2.24, 2.45) is 5.10 Å². The summed E-state index contributed by atoms with van der Waals surface area (Å²) in [6.45, 7) is 1.26. The minimum atomic E-state index is -4.56. The number of aryl methyl sites for hydroxylation is 1. The number of nitrogens with one attached hydrogen (secondary N) is 1. The Morgan fingerprint density at radius 3 is 2.36 bits per heavy atom. The lowest BCUT2D eigenvalue weighted by molar-refractivity contribution is -0.137. The Labute approximate surface area is 160 Å². The van der Waals surface area contributed by atoms with Crippen LogP contribution in [-0.4, -0.2) is 38.4 Å². The van der Waals surface area contributed by atoms with Crippen molar-refractivity contribution in [2.45, 2.75) is 18.0 Å². The van der Waals surface area contributed by atoms with Crippen LogP contribution in [0.2, 0.25) is 0 Å². The van der Waals surface area contributed by atoms with Gasteiger partial charge in [0, 0.05) is 12.6 Å². The molecule has 0 fully saturated rings. The van der Waals surface area contributed by atoms with Crippen LogP contribution < -0.4 is 5.43 Å². The summed E-state index contributed by atoms with van der Waals surface area (Å²) in [5.74, 6) is -0.793. The number of hydrazone groups is 1. The average Bonchev–Trinajstić information content (AvgIpc) is 2.61. The van der Waals surface area contributed by atoms with Crippen LogP contribution in [0.1, 0.15) is 16.7 Å². The van der Waals surface area contributed by atoms with E-state index in [-0.39, 0.29) is 10.5 Å². The van der Waals surface area contributed by atoms with Crippen molar-refractivity contribution in [1.82, 2.24) is 9.73 Å². The molecule has 0 saturated heterocycles. The minimum Gasteiger partial charge on any atom is -0.272 e. The number of nitrogens with zero attached hydrogens (tertiary/aromatic N) is 2. The zero-order valence-electron chi connectivity index (χ0n) is 15.1. The zero-order valence-corrected chi connectivity index (χ0v) is 15.9. The molecule has 1 amide bonds. The van der Waals surface area contributed by atoms with Crippen molar-refractivity contribution in [2.75, 3.05) is 13.6 Å². The molecule has 0 aliphatic heterocycles. The van der Waals surface area contributed by atoms with Gasteiger partial charge in [-0.2, -0.15) is 22.6 Å². The summed E-state index contributed by atoms with van der Waals surface area (Å²) in [6.07, 6.45) is -3.70. The van der Waals surface area contributed by atoms with E-state index in [1.54, 1.807) is 12.1 Å². The number of rotatable bonds is 6. The molecule has 0 aliphatic rings. The molecule has 0 atom stereocenters. The van der Waals surface area contributed by atoms with Crippen LogP contribution in [0.5, 0.6) is 0 Å². The summed E-state index contributed by atoms with van der Waals surface area (Å²) in [6, 6.07) is 10.8. The molecule has 150 valence electrons. The summed E-state index contributed by atoms with van der Waals surface area (Å²) in [4.78, 5) is 11.9. The number of amides is 1. The predicted octanol–water partition coefficient (Wildman–Crippen LogP) is 2.78. The summed E-state index contributed by atoms with van der Waals surface area (Å²) in [7, 11) is -2.66. The van der Waals surface area contributed by atoms with E-state index in [4.69, 9.17) is 0 Å².